The van der Waals surface area contributed by atoms with E-state index in [1.165, 1.54) is 12.1 Å². The van der Waals surface area contributed by atoms with E-state index in [9.17, 15) is 18.3 Å². The van der Waals surface area contributed by atoms with Crippen molar-refractivity contribution in [2.24, 2.45) is 0 Å². The summed E-state index contributed by atoms with van der Waals surface area (Å²) in [6.45, 7) is 6.55. The van der Waals surface area contributed by atoms with Gasteiger partial charge in [0.05, 0.1) is 35.2 Å². The van der Waals surface area contributed by atoms with Crippen LogP contribution >= 0.6 is 0 Å². The van der Waals surface area contributed by atoms with Gasteiger partial charge in [0.15, 0.2) is 15.6 Å². The van der Waals surface area contributed by atoms with Crippen LogP contribution in [-0.4, -0.2) is 47.5 Å². The van der Waals surface area contributed by atoms with Crippen molar-refractivity contribution in [1.29, 1.82) is 0 Å². The predicted octanol–water partition coefficient (Wildman–Crippen LogP) is 2.59. The van der Waals surface area contributed by atoms with Crippen molar-refractivity contribution in [2.45, 2.75) is 68.9 Å². The topological polar surface area (TPSA) is 98.5 Å². The summed E-state index contributed by atoms with van der Waals surface area (Å²) in [5, 5.41) is 10.9. The van der Waals surface area contributed by atoms with Gasteiger partial charge in [0.25, 0.3) is 0 Å². The summed E-state index contributed by atoms with van der Waals surface area (Å²) in [5.41, 5.74) is 0.280. The van der Waals surface area contributed by atoms with Crippen LogP contribution in [-0.2, 0) is 31.3 Å². The van der Waals surface area contributed by atoms with Crippen molar-refractivity contribution >= 4 is 26.8 Å². The minimum Gasteiger partial charge on any atom is -0.468 e. The third-order valence-corrected chi connectivity index (χ3v) is 6.86. The summed E-state index contributed by atoms with van der Waals surface area (Å²) >= 11 is 0. The second-order valence-corrected chi connectivity index (χ2v) is 10.7. The molecule has 154 valence electrons. The third-order valence-electron chi connectivity index (χ3n) is 5.27. The Hall–Kier alpha value is -1.93. The van der Waals surface area contributed by atoms with Gasteiger partial charge in [0, 0.05) is 5.41 Å². The van der Waals surface area contributed by atoms with Gasteiger partial charge in [-0.1, -0.05) is 33.6 Å². The van der Waals surface area contributed by atoms with E-state index in [1.807, 2.05) is 25.3 Å². The minimum atomic E-state index is -3.81. The number of ether oxygens (including phenoxy) is 1. The van der Waals surface area contributed by atoms with E-state index >= 15 is 0 Å². The van der Waals surface area contributed by atoms with E-state index in [1.54, 1.807) is 6.07 Å². The highest BCUT2D eigenvalue weighted by Crippen LogP contribution is 2.35. The number of imidazole rings is 1. The van der Waals surface area contributed by atoms with Crippen LogP contribution in [0.25, 0.3) is 11.0 Å². The zero-order valence-electron chi connectivity index (χ0n) is 16.9. The van der Waals surface area contributed by atoms with Gasteiger partial charge in [-0.25, -0.2) is 13.4 Å². The quantitative estimate of drug-likeness (QED) is 0.764. The lowest BCUT2D eigenvalue weighted by molar-refractivity contribution is -0.137. The molecule has 2 aromatic rings. The fourth-order valence-electron chi connectivity index (χ4n) is 3.82. The molecule has 1 fully saturated rings. The number of methoxy groups -OCH3 is 1. The number of rotatable bonds is 5. The van der Waals surface area contributed by atoms with E-state index in [-0.39, 0.29) is 10.3 Å². The second kappa shape index (κ2) is 7.15. The molecule has 1 aliphatic rings. The highest BCUT2D eigenvalue weighted by molar-refractivity contribution is 7.92. The molecule has 0 amide bonds. The Balaban J connectivity index is 2.09. The Kier molecular flexibility index (Phi) is 5.31. The number of sulfone groups is 1. The maximum atomic E-state index is 12.5. The molecule has 1 aromatic heterocycles. The lowest BCUT2D eigenvalue weighted by Gasteiger charge is -2.27. The molecular weight excluding hydrogens is 380 g/mol. The van der Waals surface area contributed by atoms with Crippen LogP contribution in [0.1, 0.15) is 52.3 Å². The summed E-state index contributed by atoms with van der Waals surface area (Å²) in [4.78, 5) is 16.2. The van der Waals surface area contributed by atoms with Crippen molar-refractivity contribution in [3.8, 4) is 0 Å². The van der Waals surface area contributed by atoms with Crippen molar-refractivity contribution in [2.75, 3.05) is 12.9 Å². The average molecular weight is 409 g/mol. The lowest BCUT2D eigenvalue weighted by Crippen LogP contribution is -2.33. The number of hydrogen-bond donors (Lipinski definition) is 1. The van der Waals surface area contributed by atoms with Gasteiger partial charge in [-0.3, -0.25) is 4.79 Å². The van der Waals surface area contributed by atoms with E-state index in [0.29, 0.717) is 12.1 Å². The third kappa shape index (κ3) is 4.07. The summed E-state index contributed by atoms with van der Waals surface area (Å²) in [6, 6.07) is 4.70. The summed E-state index contributed by atoms with van der Waals surface area (Å²) in [7, 11) is -2.65. The molecule has 1 N–H and O–H groups in total. The van der Waals surface area contributed by atoms with Crippen LogP contribution < -0.4 is 0 Å². The molecule has 1 aliphatic carbocycles. The SMILES string of the molecule is COC(=O)CS(=O)(=O)c1ccc2c(c1)nc(C(C)(C)C)n2CC1(O)CCCC1. The summed E-state index contributed by atoms with van der Waals surface area (Å²) in [6.07, 6.45) is 3.51. The van der Waals surface area contributed by atoms with Crippen LogP contribution in [0.3, 0.4) is 0 Å². The fraction of sp³-hybridized carbons (Fsp3) is 0.600. The maximum Gasteiger partial charge on any atom is 0.321 e. The number of aliphatic hydroxyl groups is 1. The zero-order chi connectivity index (χ0) is 20.7. The number of benzene rings is 1. The van der Waals surface area contributed by atoms with E-state index in [4.69, 9.17) is 4.98 Å². The molecule has 0 spiro atoms. The van der Waals surface area contributed by atoms with Crippen molar-refractivity contribution in [1.82, 2.24) is 9.55 Å². The fourth-order valence-corrected chi connectivity index (χ4v) is 4.98. The summed E-state index contributed by atoms with van der Waals surface area (Å²) < 4.78 is 31.5. The molecule has 0 atom stereocenters. The number of carbonyl (C=O) groups excluding carboxylic acids is 1. The average Bonchev–Trinajstić information content (AvgIpc) is 3.18. The van der Waals surface area contributed by atoms with Crippen LogP contribution in [0.15, 0.2) is 23.1 Å². The molecule has 0 unspecified atom stereocenters. The van der Waals surface area contributed by atoms with Gasteiger partial charge in [0.1, 0.15) is 5.82 Å². The predicted molar refractivity (Wildman–Crippen MR) is 106 cm³/mol. The van der Waals surface area contributed by atoms with Crippen LogP contribution in [0.4, 0.5) is 0 Å². The second-order valence-electron chi connectivity index (χ2n) is 8.69. The molecule has 0 radical (unpaired) electrons. The standard InChI is InChI=1S/C20H28N2O5S/c1-19(2,3)18-21-15-11-14(28(25,26)12-17(23)27-4)7-8-16(15)22(18)13-20(24)9-5-6-10-20/h7-8,11,24H,5-6,9-10,12-13H2,1-4H3. The van der Waals surface area contributed by atoms with E-state index in [0.717, 1.165) is 44.1 Å². The van der Waals surface area contributed by atoms with Gasteiger partial charge in [-0.15, -0.1) is 0 Å². The van der Waals surface area contributed by atoms with Gasteiger partial charge < -0.3 is 14.4 Å². The first-order valence-electron chi connectivity index (χ1n) is 9.48. The van der Waals surface area contributed by atoms with Crippen LogP contribution in [0.5, 0.6) is 0 Å². The van der Waals surface area contributed by atoms with E-state index in [2.05, 4.69) is 4.74 Å². The lowest BCUT2D eigenvalue weighted by atomic mass is 9.94. The highest BCUT2D eigenvalue weighted by Gasteiger charge is 2.34. The van der Waals surface area contributed by atoms with Crippen molar-refractivity contribution in [3.05, 3.63) is 24.0 Å². The largest absolute Gasteiger partial charge is 0.468 e. The Labute approximate surface area is 165 Å². The van der Waals surface area contributed by atoms with Gasteiger partial charge >= 0.3 is 5.97 Å². The Morgan fingerprint density at radius 1 is 1.29 bits per heavy atom. The smallest absolute Gasteiger partial charge is 0.321 e. The maximum absolute atomic E-state index is 12.5. The molecule has 7 nitrogen and oxygen atoms in total. The molecule has 1 saturated carbocycles. The number of esters is 1. The molecule has 28 heavy (non-hydrogen) atoms. The highest BCUT2D eigenvalue weighted by atomic mass is 32.2. The molecule has 0 bridgehead atoms. The van der Waals surface area contributed by atoms with Crippen molar-refractivity contribution in [3.63, 3.8) is 0 Å². The Morgan fingerprint density at radius 2 is 1.93 bits per heavy atom. The molecular formula is C20H28N2O5S. The monoisotopic (exact) mass is 408 g/mol. The van der Waals surface area contributed by atoms with Crippen LogP contribution in [0, 0.1) is 0 Å². The Bertz CT molecular complexity index is 996. The number of aromatic nitrogens is 2. The molecule has 0 aliphatic heterocycles. The normalized spacial score (nSPS) is 17.2. The minimum absolute atomic E-state index is 0.0371. The van der Waals surface area contributed by atoms with Crippen LogP contribution in [0.2, 0.25) is 0 Å². The number of fused-ring (bicyclic) bond motifs is 1. The van der Waals surface area contributed by atoms with Gasteiger partial charge in [-0.05, 0) is 31.0 Å². The molecule has 1 aromatic carbocycles. The molecule has 1 heterocycles. The first-order chi connectivity index (χ1) is 13.0. The number of hydrogen-bond acceptors (Lipinski definition) is 6. The summed E-state index contributed by atoms with van der Waals surface area (Å²) in [5.74, 6) is -0.712. The number of nitrogens with zero attached hydrogens (tertiary/aromatic N) is 2. The first-order valence-corrected chi connectivity index (χ1v) is 11.1. The molecule has 8 heteroatoms. The first kappa shape index (κ1) is 20.8. The van der Waals surface area contributed by atoms with Gasteiger partial charge in [-0.2, -0.15) is 0 Å². The Morgan fingerprint density at radius 3 is 2.50 bits per heavy atom. The molecule has 3 rings (SSSR count). The zero-order valence-corrected chi connectivity index (χ0v) is 17.7. The van der Waals surface area contributed by atoms with Gasteiger partial charge in [0.2, 0.25) is 0 Å². The van der Waals surface area contributed by atoms with E-state index < -0.39 is 27.2 Å². The molecule has 0 saturated heterocycles. The van der Waals surface area contributed by atoms with Crippen molar-refractivity contribution < 1.29 is 23.1 Å². The number of carbonyl (C=O) groups is 1.